The van der Waals surface area contributed by atoms with E-state index in [9.17, 15) is 9.59 Å². The van der Waals surface area contributed by atoms with Crippen LogP contribution in [0.3, 0.4) is 0 Å². The molecule has 2 N–H and O–H groups in total. The van der Waals surface area contributed by atoms with Gasteiger partial charge in [0.15, 0.2) is 0 Å². The summed E-state index contributed by atoms with van der Waals surface area (Å²) in [5, 5.41) is 12.0. The number of ether oxygens (including phenoxy) is 1. The lowest BCUT2D eigenvalue weighted by Crippen LogP contribution is -2.54. The van der Waals surface area contributed by atoms with Gasteiger partial charge in [-0.2, -0.15) is 0 Å². The summed E-state index contributed by atoms with van der Waals surface area (Å²) < 4.78 is 5.70. The molecule has 3 unspecified atom stereocenters. The number of carbonyl (C=O) groups is 2. The van der Waals surface area contributed by atoms with Gasteiger partial charge in [0.25, 0.3) is 0 Å². The maximum Gasteiger partial charge on any atom is 0.317 e. The molecule has 1 aliphatic carbocycles. The number of nitrogens with zero attached hydrogens (tertiary/aromatic N) is 2. The molecular formula is C19H35N3O4. The van der Waals surface area contributed by atoms with Crippen molar-refractivity contribution in [3.8, 4) is 0 Å². The number of nitrogens with one attached hydrogen (secondary N) is 1. The minimum atomic E-state index is -0.858. The van der Waals surface area contributed by atoms with Crippen LogP contribution in [0.5, 0.6) is 0 Å². The van der Waals surface area contributed by atoms with E-state index in [4.69, 9.17) is 9.84 Å². The van der Waals surface area contributed by atoms with Gasteiger partial charge in [0.2, 0.25) is 0 Å². The number of morpholine rings is 1. The minimum absolute atomic E-state index is 0.0258. The fourth-order valence-corrected chi connectivity index (χ4v) is 4.14. The lowest BCUT2D eigenvalue weighted by molar-refractivity contribution is -0.138. The second-order valence-corrected chi connectivity index (χ2v) is 8.02. The smallest absolute Gasteiger partial charge is 0.317 e. The molecule has 0 radical (unpaired) electrons. The molecule has 150 valence electrons. The Kier molecular flexibility index (Phi) is 8.15. The molecule has 0 spiro atoms. The highest BCUT2D eigenvalue weighted by atomic mass is 16.5. The normalized spacial score (nSPS) is 24.3. The summed E-state index contributed by atoms with van der Waals surface area (Å²) >= 11 is 0. The summed E-state index contributed by atoms with van der Waals surface area (Å²) in [7, 11) is 1.75. The Balaban J connectivity index is 1.79. The Morgan fingerprint density at radius 3 is 2.62 bits per heavy atom. The fourth-order valence-electron chi connectivity index (χ4n) is 4.14. The standard InChI is InChI=1S/C19H35N3O4/c1-14(16-7-5-4-6-8-16)15(2)20-19(25)22-9-10-26-17(12-22)11-21(3)13-18(23)24/h14-17H,4-13H2,1-3H3,(H,20,25)(H,23,24). The van der Waals surface area contributed by atoms with Crippen LogP contribution < -0.4 is 5.32 Å². The summed E-state index contributed by atoms with van der Waals surface area (Å²) in [5.74, 6) is 0.336. The van der Waals surface area contributed by atoms with Crippen molar-refractivity contribution in [2.45, 2.75) is 58.1 Å². The van der Waals surface area contributed by atoms with Crippen LogP contribution >= 0.6 is 0 Å². The summed E-state index contributed by atoms with van der Waals surface area (Å²) in [6.45, 7) is 6.41. The zero-order chi connectivity index (χ0) is 19.1. The summed E-state index contributed by atoms with van der Waals surface area (Å²) in [6.07, 6.45) is 6.36. The monoisotopic (exact) mass is 369 g/mol. The first-order chi connectivity index (χ1) is 12.4. The number of rotatable bonds is 7. The topological polar surface area (TPSA) is 82.1 Å². The molecule has 1 heterocycles. The average molecular weight is 370 g/mol. The second-order valence-electron chi connectivity index (χ2n) is 8.02. The van der Waals surface area contributed by atoms with Gasteiger partial charge in [0.05, 0.1) is 19.3 Å². The van der Waals surface area contributed by atoms with E-state index in [1.54, 1.807) is 16.8 Å². The van der Waals surface area contributed by atoms with Crippen molar-refractivity contribution >= 4 is 12.0 Å². The quantitative estimate of drug-likeness (QED) is 0.717. The first kappa shape index (κ1) is 21.0. The van der Waals surface area contributed by atoms with Crippen molar-refractivity contribution in [2.24, 2.45) is 11.8 Å². The van der Waals surface area contributed by atoms with E-state index in [1.807, 2.05) is 0 Å². The van der Waals surface area contributed by atoms with Crippen LogP contribution in [-0.2, 0) is 9.53 Å². The lowest BCUT2D eigenvalue weighted by atomic mass is 9.78. The summed E-state index contributed by atoms with van der Waals surface area (Å²) in [6, 6.07) is 0.121. The van der Waals surface area contributed by atoms with Crippen LogP contribution in [0, 0.1) is 11.8 Å². The molecule has 2 amide bonds. The number of likely N-dealkylation sites (N-methyl/N-ethyl adjacent to an activating group) is 1. The first-order valence-electron chi connectivity index (χ1n) is 9.94. The van der Waals surface area contributed by atoms with E-state index >= 15 is 0 Å². The molecule has 7 heteroatoms. The van der Waals surface area contributed by atoms with Gasteiger partial charge in [-0.3, -0.25) is 9.69 Å². The Bertz CT molecular complexity index is 468. The lowest BCUT2D eigenvalue weighted by Gasteiger charge is -2.37. The van der Waals surface area contributed by atoms with Crippen molar-refractivity contribution in [3.63, 3.8) is 0 Å². The Labute approximate surface area is 157 Å². The van der Waals surface area contributed by atoms with E-state index in [0.29, 0.717) is 38.1 Å². The molecule has 2 aliphatic rings. The molecule has 7 nitrogen and oxygen atoms in total. The highest BCUT2D eigenvalue weighted by Crippen LogP contribution is 2.31. The van der Waals surface area contributed by atoms with E-state index in [-0.39, 0.29) is 24.7 Å². The molecule has 1 saturated heterocycles. The van der Waals surface area contributed by atoms with Crippen molar-refractivity contribution in [1.82, 2.24) is 15.1 Å². The van der Waals surface area contributed by atoms with Gasteiger partial charge in [-0.25, -0.2) is 4.79 Å². The van der Waals surface area contributed by atoms with Crippen LogP contribution in [-0.4, -0.2) is 78.9 Å². The fraction of sp³-hybridized carbons (Fsp3) is 0.895. The van der Waals surface area contributed by atoms with Crippen molar-refractivity contribution < 1.29 is 19.4 Å². The maximum absolute atomic E-state index is 12.7. The number of carboxylic acids is 1. The molecule has 0 aromatic carbocycles. The van der Waals surface area contributed by atoms with Crippen molar-refractivity contribution in [3.05, 3.63) is 0 Å². The Morgan fingerprint density at radius 2 is 1.96 bits per heavy atom. The molecule has 3 atom stereocenters. The minimum Gasteiger partial charge on any atom is -0.480 e. The van der Waals surface area contributed by atoms with Crippen molar-refractivity contribution in [2.75, 3.05) is 39.8 Å². The molecule has 0 bridgehead atoms. The van der Waals surface area contributed by atoms with E-state index in [0.717, 1.165) is 0 Å². The maximum atomic E-state index is 12.7. The molecule has 1 saturated carbocycles. The first-order valence-corrected chi connectivity index (χ1v) is 9.94. The Morgan fingerprint density at radius 1 is 1.27 bits per heavy atom. The molecule has 2 rings (SSSR count). The van der Waals surface area contributed by atoms with Crippen LogP contribution in [0.4, 0.5) is 4.79 Å². The predicted octanol–water partition coefficient (Wildman–Crippen LogP) is 2.02. The van der Waals surface area contributed by atoms with Gasteiger partial charge >= 0.3 is 12.0 Å². The molecular weight excluding hydrogens is 334 g/mol. The highest BCUT2D eigenvalue weighted by molar-refractivity contribution is 5.74. The summed E-state index contributed by atoms with van der Waals surface area (Å²) in [5.41, 5.74) is 0. The largest absolute Gasteiger partial charge is 0.480 e. The van der Waals surface area contributed by atoms with E-state index in [1.165, 1.54) is 32.1 Å². The summed E-state index contributed by atoms with van der Waals surface area (Å²) in [4.78, 5) is 26.9. The number of aliphatic carboxylic acids is 1. The molecule has 0 aromatic heterocycles. The number of urea groups is 1. The third-order valence-electron chi connectivity index (χ3n) is 5.88. The van der Waals surface area contributed by atoms with E-state index < -0.39 is 5.97 Å². The zero-order valence-corrected chi connectivity index (χ0v) is 16.4. The number of carbonyl (C=O) groups excluding carboxylic acids is 1. The molecule has 26 heavy (non-hydrogen) atoms. The molecule has 2 fully saturated rings. The van der Waals surface area contributed by atoms with Gasteiger partial charge in [-0.1, -0.05) is 39.0 Å². The van der Waals surface area contributed by atoms with Gasteiger partial charge in [0, 0.05) is 25.7 Å². The predicted molar refractivity (Wildman–Crippen MR) is 100 cm³/mol. The molecule has 0 aromatic rings. The SMILES string of the molecule is CC(NC(=O)N1CCOC(CN(C)CC(=O)O)C1)C(C)C1CCCCC1. The van der Waals surface area contributed by atoms with Crippen LogP contribution in [0.25, 0.3) is 0 Å². The third-order valence-corrected chi connectivity index (χ3v) is 5.88. The zero-order valence-electron chi connectivity index (χ0n) is 16.4. The van der Waals surface area contributed by atoms with Crippen LogP contribution in [0.2, 0.25) is 0 Å². The van der Waals surface area contributed by atoms with Gasteiger partial charge in [-0.05, 0) is 25.8 Å². The van der Waals surface area contributed by atoms with Crippen LogP contribution in [0.15, 0.2) is 0 Å². The Hall–Kier alpha value is -1.34. The number of amides is 2. The van der Waals surface area contributed by atoms with E-state index in [2.05, 4.69) is 19.2 Å². The molecule has 1 aliphatic heterocycles. The highest BCUT2D eigenvalue weighted by Gasteiger charge is 2.29. The van der Waals surface area contributed by atoms with Gasteiger partial charge < -0.3 is 20.1 Å². The van der Waals surface area contributed by atoms with Gasteiger partial charge in [-0.15, -0.1) is 0 Å². The van der Waals surface area contributed by atoms with Crippen molar-refractivity contribution in [1.29, 1.82) is 0 Å². The average Bonchev–Trinajstić information content (AvgIpc) is 2.61. The third kappa shape index (κ3) is 6.43. The number of hydrogen-bond donors (Lipinski definition) is 2. The van der Waals surface area contributed by atoms with Crippen LogP contribution in [0.1, 0.15) is 46.0 Å². The second kappa shape index (κ2) is 10.1. The number of hydrogen-bond acceptors (Lipinski definition) is 4. The number of carboxylic acid groups (broad SMARTS) is 1. The van der Waals surface area contributed by atoms with Gasteiger partial charge in [0.1, 0.15) is 0 Å².